The average Bonchev–Trinajstić information content (AvgIpc) is 2.36. The number of nitrogens with zero attached hydrogens (tertiary/aromatic N) is 1. The third-order valence-corrected chi connectivity index (χ3v) is 3.09. The van der Waals surface area contributed by atoms with E-state index in [1.165, 1.54) is 17.0 Å². The van der Waals surface area contributed by atoms with E-state index < -0.39 is 6.04 Å². The highest BCUT2D eigenvalue weighted by Gasteiger charge is 2.31. The second-order valence-electron chi connectivity index (χ2n) is 4.41. The third-order valence-electron chi connectivity index (χ3n) is 3.09. The Hall–Kier alpha value is -1.75. The standard InChI is InChI=1S/C13H15FN2O2/c14-10-3-1-9(2-4-10)7-8-16-12(17)6-5-11(15)13(16)18/h1-4,11H,5-8,15H2. The van der Waals surface area contributed by atoms with Crippen LogP contribution in [0.2, 0.25) is 0 Å². The maximum atomic E-state index is 12.7. The molecule has 2 N–H and O–H groups in total. The molecule has 5 heteroatoms. The molecule has 1 aliphatic heterocycles. The largest absolute Gasteiger partial charge is 0.320 e. The fourth-order valence-corrected chi connectivity index (χ4v) is 1.99. The molecule has 0 aliphatic carbocycles. The molecule has 0 spiro atoms. The number of carbonyl (C=O) groups excluding carboxylic acids is 2. The van der Waals surface area contributed by atoms with E-state index in [-0.39, 0.29) is 17.6 Å². The first-order valence-corrected chi connectivity index (χ1v) is 5.92. The summed E-state index contributed by atoms with van der Waals surface area (Å²) in [6.45, 7) is 0.303. The lowest BCUT2D eigenvalue weighted by molar-refractivity contribution is -0.149. The lowest BCUT2D eigenvalue weighted by atomic mass is 10.0. The van der Waals surface area contributed by atoms with Gasteiger partial charge in [0.05, 0.1) is 6.04 Å². The molecule has 1 saturated heterocycles. The van der Waals surface area contributed by atoms with Crippen molar-refractivity contribution in [1.82, 2.24) is 4.90 Å². The Morgan fingerprint density at radius 1 is 1.28 bits per heavy atom. The smallest absolute Gasteiger partial charge is 0.246 e. The number of imide groups is 1. The highest BCUT2D eigenvalue weighted by molar-refractivity contribution is 6.00. The van der Waals surface area contributed by atoms with E-state index >= 15 is 0 Å². The van der Waals surface area contributed by atoms with E-state index in [1.54, 1.807) is 12.1 Å². The first kappa shape index (κ1) is 12.7. The molecule has 18 heavy (non-hydrogen) atoms. The lowest BCUT2D eigenvalue weighted by Gasteiger charge is -2.28. The summed E-state index contributed by atoms with van der Waals surface area (Å²) in [6.07, 6.45) is 1.26. The molecular formula is C13H15FN2O2. The first-order valence-electron chi connectivity index (χ1n) is 5.92. The van der Waals surface area contributed by atoms with Crippen molar-refractivity contribution in [2.24, 2.45) is 5.73 Å². The van der Waals surface area contributed by atoms with Gasteiger partial charge >= 0.3 is 0 Å². The minimum atomic E-state index is -0.573. The number of amides is 2. The van der Waals surface area contributed by atoms with Crippen molar-refractivity contribution >= 4 is 11.8 Å². The molecular weight excluding hydrogens is 235 g/mol. The van der Waals surface area contributed by atoms with Gasteiger partial charge in [-0.25, -0.2) is 4.39 Å². The monoisotopic (exact) mass is 250 g/mol. The minimum absolute atomic E-state index is 0.177. The van der Waals surface area contributed by atoms with Gasteiger partial charge in [0.1, 0.15) is 5.82 Å². The SMILES string of the molecule is NC1CCC(=O)N(CCc2ccc(F)cc2)C1=O. The van der Waals surface area contributed by atoms with Crippen molar-refractivity contribution < 1.29 is 14.0 Å². The van der Waals surface area contributed by atoms with E-state index in [0.717, 1.165) is 5.56 Å². The number of hydrogen-bond acceptors (Lipinski definition) is 3. The summed E-state index contributed by atoms with van der Waals surface area (Å²) in [5.74, 6) is -0.789. The maximum Gasteiger partial charge on any atom is 0.246 e. The Labute approximate surface area is 105 Å². The van der Waals surface area contributed by atoms with Crippen LogP contribution in [-0.2, 0) is 16.0 Å². The van der Waals surface area contributed by atoms with Gasteiger partial charge in [-0.05, 0) is 30.5 Å². The van der Waals surface area contributed by atoms with Crippen molar-refractivity contribution in [2.75, 3.05) is 6.54 Å². The van der Waals surface area contributed by atoms with Gasteiger partial charge in [-0.2, -0.15) is 0 Å². The molecule has 1 heterocycles. The van der Waals surface area contributed by atoms with Crippen LogP contribution in [0.3, 0.4) is 0 Å². The second kappa shape index (κ2) is 5.27. The Bertz CT molecular complexity index is 459. The molecule has 0 saturated carbocycles. The van der Waals surface area contributed by atoms with Crippen molar-refractivity contribution in [3.63, 3.8) is 0 Å². The molecule has 1 atom stereocenters. The van der Waals surface area contributed by atoms with Crippen LogP contribution in [0.15, 0.2) is 24.3 Å². The number of halogens is 1. The highest BCUT2D eigenvalue weighted by Crippen LogP contribution is 2.13. The molecule has 2 rings (SSSR count). The van der Waals surface area contributed by atoms with Gasteiger partial charge in [0, 0.05) is 13.0 Å². The predicted octanol–water partition coefficient (Wildman–Crippen LogP) is 0.844. The zero-order valence-electron chi connectivity index (χ0n) is 9.93. The minimum Gasteiger partial charge on any atom is -0.320 e. The summed E-state index contributed by atoms with van der Waals surface area (Å²) in [5, 5.41) is 0. The Morgan fingerprint density at radius 3 is 2.61 bits per heavy atom. The summed E-state index contributed by atoms with van der Waals surface area (Å²) in [7, 11) is 0. The van der Waals surface area contributed by atoms with Crippen LogP contribution in [0.25, 0.3) is 0 Å². The van der Waals surface area contributed by atoms with Gasteiger partial charge in [-0.15, -0.1) is 0 Å². The zero-order chi connectivity index (χ0) is 13.1. The van der Waals surface area contributed by atoms with E-state index in [1.807, 2.05) is 0 Å². The summed E-state index contributed by atoms with van der Waals surface area (Å²) < 4.78 is 12.7. The van der Waals surface area contributed by atoms with Gasteiger partial charge in [0.2, 0.25) is 11.8 Å². The number of rotatable bonds is 3. The van der Waals surface area contributed by atoms with Crippen molar-refractivity contribution in [1.29, 1.82) is 0 Å². The first-order chi connectivity index (χ1) is 8.58. The summed E-state index contributed by atoms with van der Waals surface area (Å²) in [4.78, 5) is 24.6. The maximum absolute atomic E-state index is 12.7. The van der Waals surface area contributed by atoms with Crippen molar-refractivity contribution in [2.45, 2.75) is 25.3 Å². The van der Waals surface area contributed by atoms with Crippen molar-refractivity contribution in [3.05, 3.63) is 35.6 Å². The predicted molar refractivity (Wildman–Crippen MR) is 64.0 cm³/mol. The van der Waals surface area contributed by atoms with Gasteiger partial charge in [-0.3, -0.25) is 14.5 Å². The van der Waals surface area contributed by atoms with E-state index in [4.69, 9.17) is 5.73 Å². The van der Waals surface area contributed by atoms with Crippen LogP contribution in [0.1, 0.15) is 18.4 Å². The Kier molecular flexibility index (Phi) is 3.72. The molecule has 4 nitrogen and oxygen atoms in total. The fraction of sp³-hybridized carbons (Fsp3) is 0.385. The quantitative estimate of drug-likeness (QED) is 0.809. The fourth-order valence-electron chi connectivity index (χ4n) is 1.99. The Morgan fingerprint density at radius 2 is 1.94 bits per heavy atom. The van der Waals surface area contributed by atoms with Crippen LogP contribution in [0.5, 0.6) is 0 Å². The van der Waals surface area contributed by atoms with Crippen LogP contribution in [0, 0.1) is 5.82 Å². The zero-order valence-corrected chi connectivity index (χ0v) is 9.93. The van der Waals surface area contributed by atoms with Gasteiger partial charge in [0.25, 0.3) is 0 Å². The summed E-state index contributed by atoms with van der Waals surface area (Å²) in [5.41, 5.74) is 6.51. The van der Waals surface area contributed by atoms with Crippen molar-refractivity contribution in [3.8, 4) is 0 Å². The molecule has 0 radical (unpaired) electrons. The average molecular weight is 250 g/mol. The molecule has 0 bridgehead atoms. The topological polar surface area (TPSA) is 63.4 Å². The third kappa shape index (κ3) is 2.73. The summed E-state index contributed by atoms with van der Waals surface area (Å²) >= 11 is 0. The van der Waals surface area contributed by atoms with Gasteiger partial charge in [-0.1, -0.05) is 12.1 Å². The lowest BCUT2D eigenvalue weighted by Crippen LogP contribution is -2.51. The Balaban J connectivity index is 1.98. The normalized spacial score (nSPS) is 20.3. The molecule has 1 fully saturated rings. The number of nitrogens with two attached hydrogens (primary N) is 1. The molecule has 1 aromatic rings. The number of piperidine rings is 1. The molecule has 1 unspecified atom stereocenters. The number of benzene rings is 1. The summed E-state index contributed by atoms with van der Waals surface area (Å²) in [6, 6.07) is 5.44. The second-order valence-corrected chi connectivity index (χ2v) is 4.41. The van der Waals surface area contributed by atoms with Gasteiger partial charge in [0.15, 0.2) is 0 Å². The highest BCUT2D eigenvalue weighted by atomic mass is 19.1. The molecule has 0 aromatic heterocycles. The van der Waals surface area contributed by atoms with Crippen LogP contribution in [-0.4, -0.2) is 29.3 Å². The van der Waals surface area contributed by atoms with Gasteiger partial charge < -0.3 is 5.73 Å². The molecule has 1 aliphatic rings. The molecule has 96 valence electrons. The molecule has 1 aromatic carbocycles. The van der Waals surface area contributed by atoms with Crippen LogP contribution >= 0.6 is 0 Å². The number of carbonyl (C=O) groups is 2. The van der Waals surface area contributed by atoms with E-state index in [0.29, 0.717) is 25.8 Å². The number of likely N-dealkylation sites (tertiary alicyclic amines) is 1. The van der Waals surface area contributed by atoms with Crippen LogP contribution < -0.4 is 5.73 Å². The number of hydrogen-bond donors (Lipinski definition) is 1. The van der Waals surface area contributed by atoms with E-state index in [2.05, 4.69) is 0 Å². The van der Waals surface area contributed by atoms with E-state index in [9.17, 15) is 14.0 Å². The molecule has 2 amide bonds. The van der Waals surface area contributed by atoms with Crippen LogP contribution in [0.4, 0.5) is 4.39 Å².